The first-order chi connectivity index (χ1) is 18.1. The Labute approximate surface area is 264 Å². The zero-order chi connectivity index (χ0) is 27.4. The molecule has 0 bridgehead atoms. The van der Waals surface area contributed by atoms with E-state index in [2.05, 4.69) is 5.32 Å². The second kappa shape index (κ2) is 14.3. The van der Waals surface area contributed by atoms with Gasteiger partial charge in [0.1, 0.15) is 17.6 Å². The third-order valence-electron chi connectivity index (χ3n) is 6.29. The van der Waals surface area contributed by atoms with Crippen LogP contribution in [0, 0.1) is 6.92 Å². The molecule has 0 aliphatic carbocycles. The SMILES string of the molecule is Br.Cc1ccc(NC(=O)C(C)N2C=CN(C(Cl)C(OCc3ccc(Cl)cc3Cl)c3ccc(Cl)cc3)C2)cc1Cl. The lowest BCUT2D eigenvalue weighted by atomic mass is 10.1. The minimum absolute atomic E-state index is 0. The van der Waals surface area contributed by atoms with Crippen molar-refractivity contribution in [1.29, 1.82) is 0 Å². The zero-order valence-corrected chi connectivity index (χ0v) is 26.6. The number of aryl methyl sites for hydroxylation is 1. The van der Waals surface area contributed by atoms with Gasteiger partial charge in [0.2, 0.25) is 5.91 Å². The van der Waals surface area contributed by atoms with Gasteiger partial charge in [-0.2, -0.15) is 0 Å². The topological polar surface area (TPSA) is 44.8 Å². The summed E-state index contributed by atoms with van der Waals surface area (Å²) in [5, 5.41) is 5.20. The molecule has 3 unspecified atom stereocenters. The first-order valence-electron chi connectivity index (χ1n) is 11.8. The van der Waals surface area contributed by atoms with Crippen molar-refractivity contribution in [2.45, 2.75) is 38.1 Å². The summed E-state index contributed by atoms with van der Waals surface area (Å²) in [5.41, 5.74) is 2.64. The smallest absolute Gasteiger partial charge is 0.246 e. The largest absolute Gasteiger partial charge is 0.365 e. The molecule has 1 aliphatic rings. The van der Waals surface area contributed by atoms with Gasteiger partial charge in [-0.1, -0.05) is 82.3 Å². The third-order valence-corrected chi connectivity index (χ3v) is 8.02. The molecule has 11 heteroatoms. The number of nitrogens with zero attached hydrogens (tertiary/aromatic N) is 2. The Morgan fingerprint density at radius 2 is 1.59 bits per heavy atom. The first kappa shape index (κ1) is 31.9. The van der Waals surface area contributed by atoms with Crippen LogP contribution in [-0.4, -0.2) is 33.9 Å². The minimum Gasteiger partial charge on any atom is -0.365 e. The molecule has 5 nitrogen and oxygen atoms in total. The number of rotatable bonds is 9. The Balaban J connectivity index is 0.00000420. The standard InChI is InChI=1S/C28H26Cl5N3O2.BrH/c1-17-3-10-23(14-24(17)31)34-28(37)18(2)35-11-12-36(16-35)27(33)26(19-4-7-21(29)8-5-19)38-15-20-6-9-22(30)13-25(20)32;/h3-14,18,26-27H,15-16H2,1-2H3,(H,34,37);1H. The minimum atomic E-state index is -0.588. The lowest BCUT2D eigenvalue weighted by Gasteiger charge is -2.33. The number of halogens is 6. The highest BCUT2D eigenvalue weighted by Crippen LogP contribution is 2.33. The van der Waals surface area contributed by atoms with Crippen molar-refractivity contribution in [2.24, 2.45) is 0 Å². The summed E-state index contributed by atoms with van der Waals surface area (Å²) in [6.07, 6.45) is 3.17. The van der Waals surface area contributed by atoms with Crippen molar-refractivity contribution in [3.63, 3.8) is 0 Å². The number of nitrogens with one attached hydrogen (secondary N) is 1. The maximum absolute atomic E-state index is 12.9. The van der Waals surface area contributed by atoms with E-state index in [0.717, 1.165) is 16.7 Å². The van der Waals surface area contributed by atoms with E-state index >= 15 is 0 Å². The fourth-order valence-corrected chi connectivity index (χ4v) is 5.03. The van der Waals surface area contributed by atoms with Gasteiger partial charge in [0.05, 0.1) is 13.3 Å². The molecular weight excluding hydrogens is 667 g/mol. The van der Waals surface area contributed by atoms with E-state index < -0.39 is 17.6 Å². The normalized spacial score (nSPS) is 15.1. The van der Waals surface area contributed by atoms with E-state index in [1.54, 1.807) is 30.3 Å². The fraction of sp³-hybridized carbons (Fsp3) is 0.250. The summed E-state index contributed by atoms with van der Waals surface area (Å²) in [6, 6.07) is 17.6. The number of amides is 1. The summed E-state index contributed by atoms with van der Waals surface area (Å²) < 4.78 is 6.30. The van der Waals surface area contributed by atoms with Crippen LogP contribution in [0.15, 0.2) is 73.1 Å². The molecule has 208 valence electrons. The molecule has 1 amide bonds. The van der Waals surface area contributed by atoms with Gasteiger partial charge in [-0.3, -0.25) is 4.79 Å². The molecule has 3 aromatic carbocycles. The highest BCUT2D eigenvalue weighted by Gasteiger charge is 2.32. The zero-order valence-electron chi connectivity index (χ0n) is 21.1. The van der Waals surface area contributed by atoms with Crippen LogP contribution in [0.5, 0.6) is 0 Å². The molecule has 39 heavy (non-hydrogen) atoms. The number of carbonyl (C=O) groups excluding carboxylic acids is 1. The number of hydrogen-bond donors (Lipinski definition) is 1. The second-order valence-corrected chi connectivity index (χ2v) is 11.1. The van der Waals surface area contributed by atoms with Crippen LogP contribution < -0.4 is 5.32 Å². The number of carbonyl (C=O) groups is 1. The summed E-state index contributed by atoms with van der Waals surface area (Å²) in [5.74, 6) is -0.162. The van der Waals surface area contributed by atoms with Gasteiger partial charge in [0.25, 0.3) is 0 Å². The Morgan fingerprint density at radius 1 is 0.923 bits per heavy atom. The van der Waals surface area contributed by atoms with E-state index in [1.165, 1.54) is 0 Å². The van der Waals surface area contributed by atoms with Crippen molar-refractivity contribution >= 4 is 86.6 Å². The molecule has 4 rings (SSSR count). The van der Waals surface area contributed by atoms with Gasteiger partial charge in [-0.25, -0.2) is 0 Å². The maximum atomic E-state index is 12.9. The van der Waals surface area contributed by atoms with Gasteiger partial charge >= 0.3 is 0 Å². The number of alkyl halides is 1. The molecule has 3 atom stereocenters. The third kappa shape index (κ3) is 8.20. The number of benzene rings is 3. The van der Waals surface area contributed by atoms with E-state index in [0.29, 0.717) is 32.4 Å². The predicted octanol–water partition coefficient (Wildman–Crippen LogP) is 9.08. The molecule has 0 fully saturated rings. The Kier molecular flexibility index (Phi) is 11.7. The van der Waals surface area contributed by atoms with E-state index in [-0.39, 0.29) is 29.5 Å². The molecular formula is C28H27BrCl5N3O2. The Morgan fingerprint density at radius 3 is 2.26 bits per heavy atom. The van der Waals surface area contributed by atoms with Crippen LogP contribution in [0.25, 0.3) is 0 Å². The van der Waals surface area contributed by atoms with Crippen LogP contribution >= 0.6 is 75.0 Å². The number of ether oxygens (including phenoxy) is 1. The van der Waals surface area contributed by atoms with Crippen molar-refractivity contribution in [1.82, 2.24) is 9.80 Å². The van der Waals surface area contributed by atoms with Crippen LogP contribution in [0.2, 0.25) is 20.1 Å². The molecule has 0 saturated carbocycles. The van der Waals surface area contributed by atoms with Crippen LogP contribution in [0.3, 0.4) is 0 Å². The molecule has 0 saturated heterocycles. The Hall–Kier alpha value is -1.64. The molecule has 3 aromatic rings. The molecule has 1 heterocycles. The van der Waals surface area contributed by atoms with Crippen molar-refractivity contribution in [3.05, 3.63) is 110 Å². The van der Waals surface area contributed by atoms with Gasteiger partial charge in [-0.15, -0.1) is 17.0 Å². The maximum Gasteiger partial charge on any atom is 0.246 e. The quantitative estimate of drug-likeness (QED) is 0.179. The highest BCUT2D eigenvalue weighted by molar-refractivity contribution is 8.93. The van der Waals surface area contributed by atoms with Gasteiger partial charge < -0.3 is 19.9 Å². The van der Waals surface area contributed by atoms with Crippen molar-refractivity contribution < 1.29 is 9.53 Å². The van der Waals surface area contributed by atoms with Crippen LogP contribution in [0.1, 0.15) is 29.7 Å². The van der Waals surface area contributed by atoms with Crippen molar-refractivity contribution in [3.8, 4) is 0 Å². The highest BCUT2D eigenvalue weighted by atomic mass is 79.9. The lowest BCUT2D eigenvalue weighted by Crippen LogP contribution is -2.42. The molecule has 1 aliphatic heterocycles. The molecule has 1 N–H and O–H groups in total. The molecule has 0 radical (unpaired) electrons. The average molecular weight is 695 g/mol. The van der Waals surface area contributed by atoms with E-state index in [4.69, 9.17) is 62.7 Å². The number of anilines is 1. The van der Waals surface area contributed by atoms with E-state index in [1.807, 2.05) is 66.4 Å². The van der Waals surface area contributed by atoms with Gasteiger partial charge in [0, 0.05) is 38.2 Å². The average Bonchev–Trinajstić information content (AvgIpc) is 3.38. The van der Waals surface area contributed by atoms with Gasteiger partial charge in [0.15, 0.2) is 0 Å². The van der Waals surface area contributed by atoms with Crippen molar-refractivity contribution in [2.75, 3.05) is 12.0 Å². The lowest BCUT2D eigenvalue weighted by molar-refractivity contribution is -0.120. The predicted molar refractivity (Wildman–Crippen MR) is 167 cm³/mol. The Bertz CT molecular complexity index is 1330. The molecule has 0 aromatic heterocycles. The summed E-state index contributed by atoms with van der Waals surface area (Å²) in [4.78, 5) is 16.7. The summed E-state index contributed by atoms with van der Waals surface area (Å²) in [6.45, 7) is 4.37. The molecule has 0 spiro atoms. The van der Waals surface area contributed by atoms with Crippen LogP contribution in [-0.2, 0) is 16.1 Å². The van der Waals surface area contributed by atoms with E-state index in [9.17, 15) is 4.79 Å². The second-order valence-electron chi connectivity index (χ2n) is 8.99. The first-order valence-corrected chi connectivity index (χ1v) is 13.8. The number of hydrogen-bond acceptors (Lipinski definition) is 4. The van der Waals surface area contributed by atoms with Gasteiger partial charge in [-0.05, 0) is 66.9 Å². The summed E-state index contributed by atoms with van der Waals surface area (Å²) in [7, 11) is 0. The fourth-order valence-electron chi connectivity index (χ4n) is 3.91. The van der Waals surface area contributed by atoms with Crippen LogP contribution in [0.4, 0.5) is 5.69 Å². The monoisotopic (exact) mass is 691 g/mol. The summed E-state index contributed by atoms with van der Waals surface area (Å²) >= 11 is 31.7.